The first-order chi connectivity index (χ1) is 12.9. The van der Waals surface area contributed by atoms with Gasteiger partial charge in [0.1, 0.15) is 0 Å². The summed E-state index contributed by atoms with van der Waals surface area (Å²) < 4.78 is 0. The summed E-state index contributed by atoms with van der Waals surface area (Å²) in [5.41, 5.74) is 6.19. The van der Waals surface area contributed by atoms with E-state index in [1.165, 1.54) is 23.9 Å². The number of carbonyl (C=O) groups excluding carboxylic acids is 1. The first-order valence-electron chi connectivity index (χ1n) is 8.42. The zero-order chi connectivity index (χ0) is 19.8. The highest BCUT2D eigenvalue weighted by Crippen LogP contribution is 2.39. The fraction of sp³-hybridized carbons (Fsp3) is 0.278. The van der Waals surface area contributed by atoms with Crippen molar-refractivity contribution in [1.29, 1.82) is 0 Å². The average Bonchev–Trinajstić information content (AvgIpc) is 2.65. The lowest BCUT2D eigenvalue weighted by atomic mass is 10.3. The Morgan fingerprint density at radius 3 is 2.56 bits per heavy atom. The largest absolute Gasteiger partial charge is 0.297 e. The van der Waals surface area contributed by atoms with Gasteiger partial charge in [-0.15, -0.1) is 0 Å². The molecule has 0 heterocycles. The zero-order valence-corrected chi connectivity index (χ0v) is 16.6. The molecule has 0 saturated heterocycles. The van der Waals surface area contributed by atoms with Gasteiger partial charge in [0.15, 0.2) is 0 Å². The van der Waals surface area contributed by atoms with Crippen molar-refractivity contribution >= 4 is 40.6 Å². The lowest BCUT2D eigenvalue weighted by Crippen LogP contribution is -2.39. The summed E-state index contributed by atoms with van der Waals surface area (Å²) in [4.78, 5) is 26.0. The Kier molecular flexibility index (Phi) is 7.90. The Balaban J connectivity index is 2.14. The number of rotatable bonds is 9. The molecule has 0 aromatic heterocycles. The Bertz CT molecular complexity index is 815. The number of para-hydroxylation sites is 1. The number of anilines is 1. The minimum Gasteiger partial charge on any atom is -0.297 e. The SMILES string of the molecule is CCN(CC)CC(=O)NNc1ccccc1Sc1cc(Cl)ccc1[N+](=O)[O-]. The Morgan fingerprint density at radius 2 is 1.89 bits per heavy atom. The van der Waals surface area contributed by atoms with E-state index in [0.29, 0.717) is 15.6 Å². The third-order valence-corrected chi connectivity index (χ3v) is 5.18. The minimum atomic E-state index is -0.444. The summed E-state index contributed by atoms with van der Waals surface area (Å²) >= 11 is 7.20. The quantitative estimate of drug-likeness (QED) is 0.478. The van der Waals surface area contributed by atoms with Gasteiger partial charge in [0.25, 0.3) is 11.6 Å². The molecule has 0 saturated carbocycles. The van der Waals surface area contributed by atoms with Crippen molar-refractivity contribution in [3.8, 4) is 0 Å². The van der Waals surface area contributed by atoms with E-state index in [4.69, 9.17) is 11.6 Å². The van der Waals surface area contributed by atoms with Crippen LogP contribution in [0.25, 0.3) is 0 Å². The maximum Gasteiger partial charge on any atom is 0.283 e. The Hall–Kier alpha value is -2.29. The molecule has 144 valence electrons. The molecule has 0 spiro atoms. The number of hydrazine groups is 1. The van der Waals surface area contributed by atoms with Gasteiger partial charge < -0.3 is 0 Å². The molecule has 7 nitrogen and oxygen atoms in total. The average molecular weight is 409 g/mol. The first-order valence-corrected chi connectivity index (χ1v) is 9.62. The molecule has 0 aliphatic heterocycles. The lowest BCUT2D eigenvalue weighted by molar-refractivity contribution is -0.387. The third kappa shape index (κ3) is 6.13. The topological polar surface area (TPSA) is 87.5 Å². The third-order valence-electron chi connectivity index (χ3n) is 3.82. The van der Waals surface area contributed by atoms with E-state index in [0.717, 1.165) is 18.0 Å². The Labute approximate surface area is 167 Å². The van der Waals surface area contributed by atoms with Gasteiger partial charge >= 0.3 is 0 Å². The van der Waals surface area contributed by atoms with E-state index in [1.54, 1.807) is 12.1 Å². The summed E-state index contributed by atoms with van der Waals surface area (Å²) in [6.45, 7) is 5.85. The molecule has 9 heteroatoms. The monoisotopic (exact) mass is 408 g/mol. The van der Waals surface area contributed by atoms with Crippen molar-refractivity contribution in [3.63, 3.8) is 0 Å². The number of halogens is 1. The maximum atomic E-state index is 12.1. The van der Waals surface area contributed by atoms with Crippen LogP contribution in [0, 0.1) is 10.1 Å². The number of carbonyl (C=O) groups is 1. The molecule has 0 unspecified atom stereocenters. The molecule has 0 radical (unpaired) electrons. The van der Waals surface area contributed by atoms with Gasteiger partial charge in [0.2, 0.25) is 0 Å². The van der Waals surface area contributed by atoms with Gasteiger partial charge in [0.05, 0.1) is 22.1 Å². The summed E-state index contributed by atoms with van der Waals surface area (Å²) in [6, 6.07) is 11.7. The molecule has 2 aromatic carbocycles. The first kappa shape index (κ1) is 21.0. The maximum absolute atomic E-state index is 12.1. The second-order valence-corrected chi connectivity index (χ2v) is 7.12. The summed E-state index contributed by atoms with van der Waals surface area (Å²) in [6.07, 6.45) is 0. The highest BCUT2D eigenvalue weighted by atomic mass is 35.5. The number of hydrogen-bond acceptors (Lipinski definition) is 6. The van der Waals surface area contributed by atoms with Crippen molar-refractivity contribution in [2.75, 3.05) is 25.1 Å². The van der Waals surface area contributed by atoms with Crippen LogP contribution in [0.1, 0.15) is 13.8 Å². The van der Waals surface area contributed by atoms with Crippen molar-refractivity contribution < 1.29 is 9.72 Å². The van der Waals surface area contributed by atoms with Crippen LogP contribution in [-0.2, 0) is 4.79 Å². The van der Waals surface area contributed by atoms with Crippen LogP contribution < -0.4 is 10.9 Å². The van der Waals surface area contributed by atoms with Gasteiger partial charge in [0, 0.05) is 16.0 Å². The normalized spacial score (nSPS) is 10.7. The van der Waals surface area contributed by atoms with Crippen molar-refractivity contribution in [2.24, 2.45) is 0 Å². The molecule has 0 fully saturated rings. The molecule has 0 aliphatic rings. The Morgan fingerprint density at radius 1 is 1.19 bits per heavy atom. The molecular weight excluding hydrogens is 388 g/mol. The number of nitrogens with zero attached hydrogens (tertiary/aromatic N) is 2. The molecule has 0 bridgehead atoms. The lowest BCUT2D eigenvalue weighted by Gasteiger charge is -2.18. The second-order valence-electron chi connectivity index (χ2n) is 5.60. The van der Waals surface area contributed by atoms with E-state index in [-0.39, 0.29) is 18.1 Å². The van der Waals surface area contributed by atoms with Gasteiger partial charge in [-0.3, -0.25) is 30.7 Å². The smallest absolute Gasteiger partial charge is 0.283 e. The van der Waals surface area contributed by atoms with E-state index in [2.05, 4.69) is 10.9 Å². The number of nitro groups is 1. The molecule has 0 atom stereocenters. The molecule has 2 aromatic rings. The number of likely N-dealkylation sites (N-methyl/N-ethyl adjacent to an activating group) is 1. The summed E-state index contributed by atoms with van der Waals surface area (Å²) in [5.74, 6) is -0.160. The fourth-order valence-electron chi connectivity index (χ4n) is 2.32. The molecule has 2 N–H and O–H groups in total. The molecule has 1 amide bonds. The van der Waals surface area contributed by atoms with Crippen molar-refractivity contribution in [1.82, 2.24) is 10.3 Å². The van der Waals surface area contributed by atoms with E-state index < -0.39 is 4.92 Å². The van der Waals surface area contributed by atoms with E-state index in [9.17, 15) is 14.9 Å². The number of amides is 1. The van der Waals surface area contributed by atoms with E-state index in [1.807, 2.05) is 36.9 Å². The number of benzene rings is 2. The van der Waals surface area contributed by atoms with E-state index >= 15 is 0 Å². The van der Waals surface area contributed by atoms with Crippen LogP contribution in [0.5, 0.6) is 0 Å². The highest BCUT2D eigenvalue weighted by Gasteiger charge is 2.17. The second kappa shape index (κ2) is 10.1. The van der Waals surface area contributed by atoms with Gasteiger partial charge in [-0.2, -0.15) is 0 Å². The van der Waals surface area contributed by atoms with Gasteiger partial charge in [-0.1, -0.05) is 49.3 Å². The van der Waals surface area contributed by atoms with Crippen LogP contribution in [-0.4, -0.2) is 35.4 Å². The number of nitro benzene ring substituents is 1. The van der Waals surface area contributed by atoms with Crippen LogP contribution in [0.2, 0.25) is 5.02 Å². The zero-order valence-electron chi connectivity index (χ0n) is 15.1. The van der Waals surface area contributed by atoms with Gasteiger partial charge in [-0.25, -0.2) is 0 Å². The minimum absolute atomic E-state index is 0.0234. The predicted molar refractivity (Wildman–Crippen MR) is 108 cm³/mol. The molecular formula is C18H21ClN4O3S. The molecule has 27 heavy (non-hydrogen) atoms. The molecule has 2 rings (SSSR count). The number of nitrogens with one attached hydrogen (secondary N) is 2. The van der Waals surface area contributed by atoms with Crippen LogP contribution in [0.3, 0.4) is 0 Å². The predicted octanol–water partition coefficient (Wildman–Crippen LogP) is 4.18. The standard InChI is InChI=1S/C18H21ClN4O3S/c1-3-22(4-2)12-18(24)21-20-14-7-5-6-8-16(14)27-17-11-13(19)9-10-15(17)23(25)26/h5-11,20H,3-4,12H2,1-2H3,(H,21,24). The van der Waals surface area contributed by atoms with Crippen molar-refractivity contribution in [2.45, 2.75) is 23.6 Å². The van der Waals surface area contributed by atoms with Crippen LogP contribution >= 0.6 is 23.4 Å². The van der Waals surface area contributed by atoms with Gasteiger partial charge in [-0.05, 0) is 37.4 Å². The van der Waals surface area contributed by atoms with Crippen LogP contribution in [0.15, 0.2) is 52.3 Å². The van der Waals surface area contributed by atoms with Crippen molar-refractivity contribution in [3.05, 3.63) is 57.6 Å². The summed E-state index contributed by atoms with van der Waals surface area (Å²) in [7, 11) is 0. The highest BCUT2D eigenvalue weighted by molar-refractivity contribution is 7.99. The fourth-order valence-corrected chi connectivity index (χ4v) is 3.61. The van der Waals surface area contributed by atoms with Crippen LogP contribution in [0.4, 0.5) is 11.4 Å². The summed E-state index contributed by atoms with van der Waals surface area (Å²) in [5, 5.41) is 11.7. The molecule has 0 aliphatic carbocycles. The number of hydrogen-bond donors (Lipinski definition) is 2.